The predicted molar refractivity (Wildman–Crippen MR) is 74.2 cm³/mol. The van der Waals surface area contributed by atoms with E-state index in [0.717, 1.165) is 23.4 Å². The second-order valence-electron chi connectivity index (χ2n) is 4.41. The number of nitrogens with zero attached hydrogens (tertiary/aromatic N) is 2. The molecule has 0 unspecified atom stereocenters. The van der Waals surface area contributed by atoms with Crippen LogP contribution in [0, 0.1) is 0 Å². The van der Waals surface area contributed by atoms with E-state index in [0.29, 0.717) is 5.56 Å². The first-order chi connectivity index (χ1) is 9.19. The summed E-state index contributed by atoms with van der Waals surface area (Å²) in [6, 6.07) is 12.4. The minimum atomic E-state index is 0.0321. The molecule has 4 nitrogen and oxygen atoms in total. The Balaban J connectivity index is 2.29. The zero-order valence-electron chi connectivity index (χ0n) is 10.5. The van der Waals surface area contributed by atoms with Gasteiger partial charge in [-0.15, -0.1) is 0 Å². The Morgan fingerprint density at radius 3 is 2.42 bits per heavy atom. The Morgan fingerprint density at radius 1 is 1.05 bits per heavy atom. The van der Waals surface area contributed by atoms with Crippen LogP contribution in [-0.4, -0.2) is 19.8 Å². The molecule has 19 heavy (non-hydrogen) atoms. The smallest absolute Gasteiger partial charge is 0.141 e. The average molecular weight is 254 g/mol. The highest BCUT2D eigenvalue weighted by atomic mass is 16.3. The third kappa shape index (κ3) is 1.91. The van der Waals surface area contributed by atoms with Crippen molar-refractivity contribution in [1.82, 2.24) is 9.55 Å². The lowest BCUT2D eigenvalue weighted by Gasteiger charge is -2.07. The summed E-state index contributed by atoms with van der Waals surface area (Å²) in [5.41, 5.74) is 2.65. The van der Waals surface area contributed by atoms with Gasteiger partial charge >= 0.3 is 0 Å². The van der Waals surface area contributed by atoms with E-state index in [4.69, 9.17) is 0 Å². The summed E-state index contributed by atoms with van der Waals surface area (Å²) >= 11 is 0. The van der Waals surface area contributed by atoms with Gasteiger partial charge in [0.05, 0.1) is 11.0 Å². The number of para-hydroxylation sites is 2. The number of aromatic hydroxyl groups is 2. The van der Waals surface area contributed by atoms with Crippen molar-refractivity contribution in [3.8, 4) is 22.9 Å². The lowest BCUT2D eigenvalue weighted by atomic mass is 10.2. The number of imidazole rings is 1. The summed E-state index contributed by atoms with van der Waals surface area (Å²) in [4.78, 5) is 4.58. The standard InChI is InChI=1S/C15H14N2O2/c1-2-17-14-6-4-3-5-13(14)16-15(17)10-7-11(18)9-12(19)8-10/h3-9,18-19H,2H2,1H3. The number of phenols is 2. The van der Waals surface area contributed by atoms with E-state index in [9.17, 15) is 10.2 Å². The lowest BCUT2D eigenvalue weighted by Crippen LogP contribution is -1.97. The van der Waals surface area contributed by atoms with E-state index in [1.165, 1.54) is 6.07 Å². The fourth-order valence-corrected chi connectivity index (χ4v) is 2.34. The molecule has 1 heterocycles. The molecule has 0 aliphatic heterocycles. The highest BCUT2D eigenvalue weighted by Gasteiger charge is 2.12. The lowest BCUT2D eigenvalue weighted by molar-refractivity contribution is 0.451. The number of fused-ring (bicyclic) bond motifs is 1. The van der Waals surface area contributed by atoms with Crippen LogP contribution in [0.25, 0.3) is 22.4 Å². The van der Waals surface area contributed by atoms with E-state index in [1.807, 2.05) is 31.2 Å². The van der Waals surface area contributed by atoms with Crippen molar-refractivity contribution in [3.63, 3.8) is 0 Å². The van der Waals surface area contributed by atoms with Crippen LogP contribution in [0.5, 0.6) is 11.5 Å². The molecule has 0 fully saturated rings. The molecule has 96 valence electrons. The second kappa shape index (κ2) is 4.31. The van der Waals surface area contributed by atoms with Crippen LogP contribution in [0.15, 0.2) is 42.5 Å². The van der Waals surface area contributed by atoms with Gasteiger partial charge in [0, 0.05) is 18.2 Å². The molecule has 0 saturated heterocycles. The van der Waals surface area contributed by atoms with Crippen LogP contribution < -0.4 is 0 Å². The van der Waals surface area contributed by atoms with Crippen molar-refractivity contribution in [1.29, 1.82) is 0 Å². The zero-order valence-corrected chi connectivity index (χ0v) is 10.5. The fraction of sp³-hybridized carbons (Fsp3) is 0.133. The van der Waals surface area contributed by atoms with Gasteiger partial charge in [-0.1, -0.05) is 12.1 Å². The van der Waals surface area contributed by atoms with Gasteiger partial charge in [0.25, 0.3) is 0 Å². The molecule has 0 bridgehead atoms. The van der Waals surface area contributed by atoms with Crippen molar-refractivity contribution in [2.75, 3.05) is 0 Å². The first-order valence-corrected chi connectivity index (χ1v) is 6.17. The van der Waals surface area contributed by atoms with Gasteiger partial charge in [-0.25, -0.2) is 4.98 Å². The van der Waals surface area contributed by atoms with Crippen LogP contribution in [-0.2, 0) is 6.54 Å². The van der Waals surface area contributed by atoms with Crippen LogP contribution in [0.2, 0.25) is 0 Å². The average Bonchev–Trinajstić information content (AvgIpc) is 2.76. The van der Waals surface area contributed by atoms with Crippen LogP contribution in [0.3, 0.4) is 0 Å². The molecule has 0 aliphatic carbocycles. The second-order valence-corrected chi connectivity index (χ2v) is 4.41. The van der Waals surface area contributed by atoms with Crippen molar-refractivity contribution in [2.24, 2.45) is 0 Å². The van der Waals surface area contributed by atoms with Gasteiger partial charge < -0.3 is 14.8 Å². The van der Waals surface area contributed by atoms with Gasteiger partial charge in [-0.2, -0.15) is 0 Å². The minimum absolute atomic E-state index is 0.0321. The first-order valence-electron chi connectivity index (χ1n) is 6.17. The SMILES string of the molecule is CCn1c(-c2cc(O)cc(O)c2)nc2ccccc21. The molecule has 0 aliphatic rings. The molecule has 1 aromatic heterocycles. The summed E-state index contributed by atoms with van der Waals surface area (Å²) in [5, 5.41) is 19.2. The third-order valence-corrected chi connectivity index (χ3v) is 3.13. The minimum Gasteiger partial charge on any atom is -0.508 e. The van der Waals surface area contributed by atoms with Gasteiger partial charge in [0.15, 0.2) is 0 Å². The molecular formula is C15H14N2O2. The Kier molecular flexibility index (Phi) is 2.63. The Labute approximate surface area is 110 Å². The summed E-state index contributed by atoms with van der Waals surface area (Å²) in [7, 11) is 0. The first kappa shape index (κ1) is 11.6. The number of hydrogen-bond acceptors (Lipinski definition) is 3. The molecule has 3 aromatic rings. The highest BCUT2D eigenvalue weighted by molar-refractivity contribution is 5.81. The van der Waals surface area contributed by atoms with Gasteiger partial charge in [-0.3, -0.25) is 0 Å². The maximum absolute atomic E-state index is 9.60. The van der Waals surface area contributed by atoms with Gasteiger partial charge in [0.1, 0.15) is 17.3 Å². The molecule has 0 spiro atoms. The number of rotatable bonds is 2. The molecule has 0 radical (unpaired) electrons. The molecule has 0 atom stereocenters. The van der Waals surface area contributed by atoms with E-state index < -0.39 is 0 Å². The van der Waals surface area contributed by atoms with Crippen molar-refractivity contribution < 1.29 is 10.2 Å². The molecule has 2 aromatic carbocycles. The molecule has 3 rings (SSSR count). The van der Waals surface area contributed by atoms with Crippen LogP contribution in [0.1, 0.15) is 6.92 Å². The van der Waals surface area contributed by atoms with Crippen molar-refractivity contribution >= 4 is 11.0 Å². The third-order valence-electron chi connectivity index (χ3n) is 3.13. The summed E-state index contributed by atoms with van der Waals surface area (Å²) in [6.45, 7) is 2.81. The van der Waals surface area contributed by atoms with Crippen LogP contribution >= 0.6 is 0 Å². The highest BCUT2D eigenvalue weighted by Crippen LogP contribution is 2.30. The Bertz CT molecular complexity index is 727. The Morgan fingerprint density at radius 2 is 1.74 bits per heavy atom. The molecular weight excluding hydrogens is 240 g/mol. The number of benzene rings is 2. The largest absolute Gasteiger partial charge is 0.508 e. The Hall–Kier alpha value is -2.49. The monoisotopic (exact) mass is 254 g/mol. The number of aromatic nitrogens is 2. The molecule has 4 heteroatoms. The van der Waals surface area contributed by atoms with E-state index in [-0.39, 0.29) is 11.5 Å². The maximum Gasteiger partial charge on any atom is 0.141 e. The number of aryl methyl sites for hydroxylation is 1. The fourth-order valence-electron chi connectivity index (χ4n) is 2.34. The normalized spacial score (nSPS) is 11.0. The topological polar surface area (TPSA) is 58.3 Å². The van der Waals surface area contributed by atoms with Crippen molar-refractivity contribution in [2.45, 2.75) is 13.5 Å². The predicted octanol–water partition coefficient (Wildman–Crippen LogP) is 3.13. The molecule has 0 saturated carbocycles. The summed E-state index contributed by atoms with van der Waals surface area (Å²) < 4.78 is 2.06. The van der Waals surface area contributed by atoms with Gasteiger partial charge in [-0.05, 0) is 31.2 Å². The molecule has 2 N–H and O–H groups in total. The van der Waals surface area contributed by atoms with Crippen LogP contribution in [0.4, 0.5) is 0 Å². The number of phenolic OH excluding ortho intramolecular Hbond substituents is 2. The maximum atomic E-state index is 9.60. The van der Waals surface area contributed by atoms with Crippen molar-refractivity contribution in [3.05, 3.63) is 42.5 Å². The summed E-state index contributed by atoms with van der Waals surface area (Å²) in [6.07, 6.45) is 0. The zero-order chi connectivity index (χ0) is 13.4. The van der Waals surface area contributed by atoms with E-state index in [1.54, 1.807) is 12.1 Å². The number of hydrogen-bond donors (Lipinski definition) is 2. The molecule has 0 amide bonds. The van der Waals surface area contributed by atoms with E-state index in [2.05, 4.69) is 9.55 Å². The van der Waals surface area contributed by atoms with Gasteiger partial charge in [0.2, 0.25) is 0 Å². The summed E-state index contributed by atoms with van der Waals surface area (Å²) in [5.74, 6) is 0.810. The quantitative estimate of drug-likeness (QED) is 0.738. The van der Waals surface area contributed by atoms with E-state index >= 15 is 0 Å².